The van der Waals surface area contributed by atoms with E-state index in [1.54, 1.807) is 0 Å². The molecule has 2 heterocycles. The zero-order chi connectivity index (χ0) is 12.7. The highest BCUT2D eigenvalue weighted by Gasteiger charge is 2.24. The fourth-order valence-corrected chi connectivity index (χ4v) is 2.43. The number of benzene rings is 1. The number of fused-ring (bicyclic) bond motifs is 1. The maximum Gasteiger partial charge on any atom is 0.256 e. The van der Waals surface area contributed by atoms with Crippen molar-refractivity contribution in [3.8, 4) is 0 Å². The molecule has 0 spiro atoms. The Balaban J connectivity index is 2.11. The average molecular weight is 303 g/mol. The van der Waals surface area contributed by atoms with Gasteiger partial charge in [-0.3, -0.25) is 4.79 Å². The van der Waals surface area contributed by atoms with Crippen LogP contribution in [-0.2, 0) is 4.79 Å². The number of hydrogen-bond acceptors (Lipinski definition) is 1. The molecule has 0 saturated carbocycles. The predicted molar refractivity (Wildman–Crippen MR) is 76.2 cm³/mol. The minimum Gasteiger partial charge on any atom is -0.359 e. The number of nitrogens with one attached hydrogen (secondary N) is 2. The van der Waals surface area contributed by atoms with Crippen molar-refractivity contribution in [2.75, 3.05) is 5.32 Å². The van der Waals surface area contributed by atoms with Gasteiger partial charge < -0.3 is 10.3 Å². The molecule has 90 valence electrons. The Morgan fingerprint density at radius 3 is 2.78 bits per heavy atom. The molecule has 0 saturated heterocycles. The second-order valence-corrected chi connectivity index (χ2v) is 5.21. The summed E-state index contributed by atoms with van der Waals surface area (Å²) in [5.74, 6) is -0.0599. The highest BCUT2D eigenvalue weighted by atomic mass is 79.9. The van der Waals surface area contributed by atoms with Crippen LogP contribution in [0.3, 0.4) is 0 Å². The maximum atomic E-state index is 11.9. The van der Waals surface area contributed by atoms with Crippen LogP contribution in [0, 0.1) is 6.92 Å². The Hall–Kier alpha value is -1.81. The summed E-state index contributed by atoms with van der Waals surface area (Å²) in [6.45, 7) is 1.99. The van der Waals surface area contributed by atoms with Crippen molar-refractivity contribution in [1.82, 2.24) is 4.98 Å². The average Bonchev–Trinajstić information content (AvgIpc) is 2.86. The molecule has 18 heavy (non-hydrogen) atoms. The molecule has 1 aliphatic rings. The van der Waals surface area contributed by atoms with E-state index >= 15 is 0 Å². The standard InChI is InChI=1S/C14H11BrN2O/c1-8-2-4-10(16-8)7-12-11-6-9(15)3-5-13(11)17-14(12)18/h2-7,16H,1H3,(H,17,18). The first-order chi connectivity index (χ1) is 8.63. The lowest BCUT2D eigenvalue weighted by molar-refractivity contribution is -0.110. The van der Waals surface area contributed by atoms with E-state index in [9.17, 15) is 4.79 Å². The normalized spacial score (nSPS) is 15.9. The number of carbonyl (C=O) groups is 1. The molecule has 1 amide bonds. The van der Waals surface area contributed by atoms with E-state index in [2.05, 4.69) is 26.2 Å². The Morgan fingerprint density at radius 2 is 2.06 bits per heavy atom. The Labute approximate surface area is 113 Å². The number of carbonyl (C=O) groups excluding carboxylic acids is 1. The van der Waals surface area contributed by atoms with Gasteiger partial charge >= 0.3 is 0 Å². The number of aryl methyl sites for hydroxylation is 1. The van der Waals surface area contributed by atoms with Gasteiger partial charge in [0, 0.05) is 27.1 Å². The molecule has 3 rings (SSSR count). The van der Waals surface area contributed by atoms with Crippen LogP contribution in [0.2, 0.25) is 0 Å². The predicted octanol–water partition coefficient (Wildman–Crippen LogP) is 3.58. The van der Waals surface area contributed by atoms with Crippen molar-refractivity contribution in [3.63, 3.8) is 0 Å². The fraction of sp³-hybridized carbons (Fsp3) is 0.0714. The second-order valence-electron chi connectivity index (χ2n) is 4.30. The van der Waals surface area contributed by atoms with Crippen LogP contribution in [0.5, 0.6) is 0 Å². The topological polar surface area (TPSA) is 44.9 Å². The Morgan fingerprint density at radius 1 is 1.22 bits per heavy atom. The SMILES string of the molecule is Cc1ccc(C=C2C(=O)Nc3ccc(Br)cc32)[nH]1. The molecule has 0 bridgehead atoms. The summed E-state index contributed by atoms with van der Waals surface area (Å²) in [4.78, 5) is 15.1. The minimum absolute atomic E-state index is 0.0599. The van der Waals surface area contributed by atoms with Gasteiger partial charge in [0.1, 0.15) is 0 Å². The number of aromatic amines is 1. The monoisotopic (exact) mass is 302 g/mol. The first-order valence-corrected chi connectivity index (χ1v) is 6.41. The summed E-state index contributed by atoms with van der Waals surface area (Å²) in [5, 5.41) is 2.86. The van der Waals surface area contributed by atoms with Crippen molar-refractivity contribution in [2.45, 2.75) is 6.92 Å². The second kappa shape index (κ2) is 4.14. The molecular weight excluding hydrogens is 292 g/mol. The van der Waals surface area contributed by atoms with Crippen molar-refractivity contribution in [1.29, 1.82) is 0 Å². The van der Waals surface area contributed by atoms with Crippen molar-refractivity contribution >= 4 is 39.2 Å². The first-order valence-electron chi connectivity index (χ1n) is 5.62. The molecule has 1 aromatic heterocycles. The molecule has 0 atom stereocenters. The fourth-order valence-electron chi connectivity index (χ4n) is 2.07. The van der Waals surface area contributed by atoms with Crippen LogP contribution in [0.15, 0.2) is 34.8 Å². The van der Waals surface area contributed by atoms with Gasteiger partial charge in [-0.25, -0.2) is 0 Å². The molecular formula is C14H11BrN2O. The molecule has 4 heteroatoms. The van der Waals surface area contributed by atoms with Crippen LogP contribution >= 0.6 is 15.9 Å². The van der Waals surface area contributed by atoms with Gasteiger partial charge in [-0.1, -0.05) is 15.9 Å². The van der Waals surface area contributed by atoms with Crippen LogP contribution in [0.25, 0.3) is 11.6 Å². The molecule has 0 aliphatic carbocycles. The quantitative estimate of drug-likeness (QED) is 0.777. The van der Waals surface area contributed by atoms with E-state index in [-0.39, 0.29) is 5.91 Å². The molecule has 2 aromatic rings. The third-order valence-corrected chi connectivity index (χ3v) is 3.41. The number of rotatable bonds is 1. The van der Waals surface area contributed by atoms with Gasteiger partial charge in [0.25, 0.3) is 5.91 Å². The van der Waals surface area contributed by atoms with Gasteiger partial charge in [0.2, 0.25) is 0 Å². The molecule has 0 fully saturated rings. The lowest BCUT2D eigenvalue weighted by Gasteiger charge is -1.98. The Bertz CT molecular complexity index is 670. The molecule has 1 aliphatic heterocycles. The zero-order valence-electron chi connectivity index (χ0n) is 9.75. The number of halogens is 1. The molecule has 0 radical (unpaired) electrons. The first kappa shape index (κ1) is 11.3. The summed E-state index contributed by atoms with van der Waals surface area (Å²) < 4.78 is 0.964. The van der Waals surface area contributed by atoms with E-state index in [0.717, 1.165) is 27.1 Å². The van der Waals surface area contributed by atoms with E-state index in [0.29, 0.717) is 5.57 Å². The smallest absolute Gasteiger partial charge is 0.256 e. The van der Waals surface area contributed by atoms with Crippen LogP contribution in [0.1, 0.15) is 17.0 Å². The van der Waals surface area contributed by atoms with Crippen molar-refractivity contribution in [3.05, 3.63) is 51.8 Å². The maximum absolute atomic E-state index is 11.9. The van der Waals surface area contributed by atoms with Gasteiger partial charge in [0.05, 0.1) is 5.57 Å². The highest BCUT2D eigenvalue weighted by molar-refractivity contribution is 9.10. The van der Waals surface area contributed by atoms with Gasteiger partial charge in [-0.2, -0.15) is 0 Å². The third-order valence-electron chi connectivity index (χ3n) is 2.92. The summed E-state index contributed by atoms with van der Waals surface area (Å²) in [5.41, 5.74) is 4.49. The lowest BCUT2D eigenvalue weighted by Crippen LogP contribution is -2.03. The van der Waals surface area contributed by atoms with Crippen LogP contribution in [0.4, 0.5) is 5.69 Å². The van der Waals surface area contributed by atoms with Gasteiger partial charge in [-0.05, 0) is 43.3 Å². The number of amides is 1. The van der Waals surface area contributed by atoms with E-state index in [1.807, 2.05) is 43.3 Å². The van der Waals surface area contributed by atoms with Crippen LogP contribution < -0.4 is 5.32 Å². The number of H-pyrrole nitrogens is 1. The van der Waals surface area contributed by atoms with Crippen molar-refractivity contribution < 1.29 is 4.79 Å². The highest BCUT2D eigenvalue weighted by Crippen LogP contribution is 2.34. The summed E-state index contributed by atoms with van der Waals surface area (Å²) in [6, 6.07) is 9.72. The largest absolute Gasteiger partial charge is 0.359 e. The van der Waals surface area contributed by atoms with E-state index < -0.39 is 0 Å². The number of hydrogen-bond donors (Lipinski definition) is 2. The summed E-state index contributed by atoms with van der Waals surface area (Å²) in [7, 11) is 0. The molecule has 0 unspecified atom stereocenters. The number of aromatic nitrogens is 1. The summed E-state index contributed by atoms with van der Waals surface area (Å²) in [6.07, 6.45) is 1.88. The molecule has 3 nitrogen and oxygen atoms in total. The third kappa shape index (κ3) is 1.88. The van der Waals surface area contributed by atoms with E-state index in [4.69, 9.17) is 0 Å². The Kier molecular flexibility index (Phi) is 2.59. The zero-order valence-corrected chi connectivity index (χ0v) is 11.3. The summed E-state index contributed by atoms with van der Waals surface area (Å²) >= 11 is 3.43. The molecule has 1 aromatic carbocycles. The van der Waals surface area contributed by atoms with Crippen molar-refractivity contribution in [2.24, 2.45) is 0 Å². The van der Waals surface area contributed by atoms with Gasteiger partial charge in [-0.15, -0.1) is 0 Å². The van der Waals surface area contributed by atoms with Gasteiger partial charge in [0.15, 0.2) is 0 Å². The minimum atomic E-state index is -0.0599. The molecule has 2 N–H and O–H groups in total. The lowest BCUT2D eigenvalue weighted by atomic mass is 10.1. The van der Waals surface area contributed by atoms with Crippen LogP contribution in [-0.4, -0.2) is 10.9 Å². The number of anilines is 1. The van der Waals surface area contributed by atoms with E-state index in [1.165, 1.54) is 0 Å².